The zero-order chi connectivity index (χ0) is 19.4. The number of hydrogen-bond donors (Lipinski definition) is 1. The Labute approximate surface area is 161 Å². The molecule has 1 aromatic carbocycles. The van der Waals surface area contributed by atoms with Gasteiger partial charge in [-0.3, -0.25) is 9.59 Å². The van der Waals surface area contributed by atoms with Gasteiger partial charge in [0.25, 0.3) is 5.91 Å². The van der Waals surface area contributed by atoms with Gasteiger partial charge in [0.2, 0.25) is 5.91 Å². The quantitative estimate of drug-likeness (QED) is 0.883. The second kappa shape index (κ2) is 8.42. The van der Waals surface area contributed by atoms with Crippen molar-refractivity contribution in [2.75, 3.05) is 26.2 Å². The minimum atomic E-state index is 0.0576. The molecular formula is C22H29N3O2. The second-order valence-corrected chi connectivity index (χ2v) is 7.40. The van der Waals surface area contributed by atoms with Crippen molar-refractivity contribution in [1.82, 2.24) is 14.8 Å². The van der Waals surface area contributed by atoms with E-state index in [4.69, 9.17) is 0 Å². The predicted octanol–water partition coefficient (Wildman–Crippen LogP) is 3.11. The van der Waals surface area contributed by atoms with Crippen molar-refractivity contribution in [3.8, 4) is 0 Å². The third-order valence-corrected chi connectivity index (χ3v) is 5.26. The number of hydrogen-bond acceptors (Lipinski definition) is 2. The summed E-state index contributed by atoms with van der Waals surface area (Å²) >= 11 is 0. The summed E-state index contributed by atoms with van der Waals surface area (Å²) in [4.78, 5) is 32.3. The molecule has 0 bridgehead atoms. The lowest BCUT2D eigenvalue weighted by Gasteiger charge is -2.35. The maximum absolute atomic E-state index is 12.7. The van der Waals surface area contributed by atoms with E-state index in [1.54, 1.807) is 0 Å². The number of carbonyl (C=O) groups excluding carboxylic acids is 2. The van der Waals surface area contributed by atoms with Crippen LogP contribution >= 0.6 is 0 Å². The molecule has 1 aromatic heterocycles. The van der Waals surface area contributed by atoms with Gasteiger partial charge in [-0.25, -0.2) is 0 Å². The van der Waals surface area contributed by atoms with Gasteiger partial charge in [-0.2, -0.15) is 0 Å². The number of H-pyrrole nitrogens is 1. The van der Waals surface area contributed by atoms with Crippen molar-refractivity contribution in [3.63, 3.8) is 0 Å². The van der Waals surface area contributed by atoms with Crippen LogP contribution in [0.4, 0.5) is 0 Å². The highest BCUT2D eigenvalue weighted by Gasteiger charge is 2.25. The molecule has 1 N–H and O–H groups in total. The Hall–Kier alpha value is -2.56. The van der Waals surface area contributed by atoms with E-state index < -0.39 is 0 Å². The highest BCUT2D eigenvalue weighted by atomic mass is 16.2. The monoisotopic (exact) mass is 367 g/mol. The summed E-state index contributed by atoms with van der Waals surface area (Å²) in [5.41, 5.74) is 5.19. The van der Waals surface area contributed by atoms with E-state index in [1.165, 1.54) is 5.56 Å². The Morgan fingerprint density at radius 3 is 2.19 bits per heavy atom. The van der Waals surface area contributed by atoms with Crippen LogP contribution in [0.25, 0.3) is 0 Å². The Kier molecular flexibility index (Phi) is 5.99. The lowest BCUT2D eigenvalue weighted by Crippen LogP contribution is -2.51. The SMILES string of the molecule is CCCc1ccc(C(=O)N2CCN(C(=O)Cc3cc(C)[nH]c3C)CC2)cc1. The van der Waals surface area contributed by atoms with Crippen molar-refractivity contribution in [2.24, 2.45) is 0 Å². The minimum absolute atomic E-state index is 0.0576. The molecule has 1 saturated heterocycles. The number of carbonyl (C=O) groups is 2. The molecule has 2 aromatic rings. The predicted molar refractivity (Wildman–Crippen MR) is 107 cm³/mol. The molecule has 27 heavy (non-hydrogen) atoms. The second-order valence-electron chi connectivity index (χ2n) is 7.40. The van der Waals surface area contributed by atoms with E-state index >= 15 is 0 Å². The largest absolute Gasteiger partial charge is 0.362 e. The van der Waals surface area contributed by atoms with Crippen LogP contribution in [0.5, 0.6) is 0 Å². The Balaban J connectivity index is 1.54. The van der Waals surface area contributed by atoms with Gasteiger partial charge >= 0.3 is 0 Å². The first kappa shape index (κ1) is 19.2. The van der Waals surface area contributed by atoms with E-state index in [0.717, 1.165) is 35.4 Å². The number of aromatic amines is 1. The van der Waals surface area contributed by atoms with Crippen molar-refractivity contribution in [3.05, 3.63) is 58.4 Å². The number of nitrogens with one attached hydrogen (secondary N) is 1. The number of benzene rings is 1. The fourth-order valence-corrected chi connectivity index (χ4v) is 3.68. The molecule has 1 aliphatic heterocycles. The number of nitrogens with zero attached hydrogens (tertiary/aromatic N) is 2. The van der Waals surface area contributed by atoms with Crippen LogP contribution in [0.3, 0.4) is 0 Å². The van der Waals surface area contributed by atoms with Crippen LogP contribution in [-0.2, 0) is 17.6 Å². The fourth-order valence-electron chi connectivity index (χ4n) is 3.68. The number of piperazine rings is 1. The highest BCUT2D eigenvalue weighted by Crippen LogP contribution is 2.14. The van der Waals surface area contributed by atoms with Crippen molar-refractivity contribution in [1.29, 1.82) is 0 Å². The zero-order valence-electron chi connectivity index (χ0n) is 16.5. The minimum Gasteiger partial charge on any atom is -0.362 e. The summed E-state index contributed by atoms with van der Waals surface area (Å²) < 4.78 is 0. The van der Waals surface area contributed by atoms with E-state index in [0.29, 0.717) is 32.6 Å². The smallest absolute Gasteiger partial charge is 0.253 e. The fraction of sp³-hybridized carbons (Fsp3) is 0.455. The number of aryl methyl sites for hydroxylation is 3. The van der Waals surface area contributed by atoms with Gasteiger partial charge < -0.3 is 14.8 Å². The number of rotatable bonds is 5. The zero-order valence-corrected chi connectivity index (χ0v) is 16.5. The summed E-state index contributed by atoms with van der Waals surface area (Å²) in [5.74, 6) is 0.190. The number of amides is 2. The topological polar surface area (TPSA) is 56.4 Å². The molecule has 3 rings (SSSR count). The third kappa shape index (κ3) is 4.59. The first-order chi connectivity index (χ1) is 13.0. The van der Waals surface area contributed by atoms with Gasteiger partial charge in [-0.15, -0.1) is 0 Å². The molecule has 1 aliphatic rings. The molecule has 0 radical (unpaired) electrons. The Bertz CT molecular complexity index is 799. The summed E-state index contributed by atoms with van der Waals surface area (Å²) in [6.45, 7) is 8.53. The van der Waals surface area contributed by atoms with E-state index in [1.807, 2.05) is 54.0 Å². The van der Waals surface area contributed by atoms with E-state index in [2.05, 4.69) is 11.9 Å². The molecule has 0 atom stereocenters. The molecule has 0 unspecified atom stereocenters. The summed E-state index contributed by atoms with van der Waals surface area (Å²) in [5, 5.41) is 0. The van der Waals surface area contributed by atoms with Gasteiger partial charge in [0.05, 0.1) is 6.42 Å². The molecule has 5 heteroatoms. The van der Waals surface area contributed by atoms with Gasteiger partial charge in [0.1, 0.15) is 0 Å². The first-order valence-corrected chi connectivity index (χ1v) is 9.79. The van der Waals surface area contributed by atoms with Crippen LogP contribution in [-0.4, -0.2) is 52.8 Å². The average Bonchev–Trinajstić information content (AvgIpc) is 2.99. The van der Waals surface area contributed by atoms with Crippen molar-refractivity contribution >= 4 is 11.8 Å². The summed E-state index contributed by atoms with van der Waals surface area (Å²) in [7, 11) is 0. The van der Waals surface area contributed by atoms with E-state index in [-0.39, 0.29) is 11.8 Å². The molecular weight excluding hydrogens is 338 g/mol. The van der Waals surface area contributed by atoms with Crippen LogP contribution in [0.2, 0.25) is 0 Å². The summed E-state index contributed by atoms with van der Waals surface area (Å²) in [6.07, 6.45) is 2.56. The van der Waals surface area contributed by atoms with Gasteiger partial charge in [-0.1, -0.05) is 25.5 Å². The highest BCUT2D eigenvalue weighted by molar-refractivity contribution is 5.94. The first-order valence-electron chi connectivity index (χ1n) is 9.79. The average molecular weight is 367 g/mol. The molecule has 2 amide bonds. The standard InChI is InChI=1S/C22H29N3O2/c1-4-5-18-6-8-19(9-7-18)22(27)25-12-10-24(11-13-25)21(26)15-20-14-16(2)23-17(20)3/h6-9,14,23H,4-5,10-13,15H2,1-3H3. The molecule has 5 nitrogen and oxygen atoms in total. The molecule has 2 heterocycles. The van der Waals surface area contributed by atoms with Crippen LogP contribution in [0, 0.1) is 13.8 Å². The molecule has 1 fully saturated rings. The third-order valence-electron chi connectivity index (χ3n) is 5.26. The molecule has 0 saturated carbocycles. The van der Waals surface area contributed by atoms with Crippen molar-refractivity contribution < 1.29 is 9.59 Å². The van der Waals surface area contributed by atoms with Gasteiger partial charge in [-0.05, 0) is 49.6 Å². The maximum atomic E-state index is 12.7. The Morgan fingerprint density at radius 1 is 1.00 bits per heavy atom. The van der Waals surface area contributed by atoms with Gasteiger partial charge in [0.15, 0.2) is 0 Å². The molecule has 0 aliphatic carbocycles. The number of aromatic nitrogens is 1. The van der Waals surface area contributed by atoms with Gasteiger partial charge in [0, 0.05) is 43.1 Å². The Morgan fingerprint density at radius 2 is 1.63 bits per heavy atom. The summed E-state index contributed by atoms with van der Waals surface area (Å²) in [6, 6.07) is 9.95. The lowest BCUT2D eigenvalue weighted by atomic mass is 10.1. The lowest BCUT2D eigenvalue weighted by molar-refractivity contribution is -0.131. The van der Waals surface area contributed by atoms with Crippen LogP contribution in [0.15, 0.2) is 30.3 Å². The van der Waals surface area contributed by atoms with Crippen LogP contribution < -0.4 is 0 Å². The van der Waals surface area contributed by atoms with E-state index in [9.17, 15) is 9.59 Å². The van der Waals surface area contributed by atoms with Crippen LogP contribution in [0.1, 0.15) is 46.2 Å². The maximum Gasteiger partial charge on any atom is 0.253 e. The normalized spacial score (nSPS) is 14.5. The van der Waals surface area contributed by atoms with Crippen molar-refractivity contribution in [2.45, 2.75) is 40.0 Å². The molecule has 0 spiro atoms. The molecule has 144 valence electrons.